The standard InChI is InChI=1S/C13H16N2OS/c1-2-11-5-6-12(17-11)13-9(8-15-16-13)7-14-10-3-4-10/h5-6,8,10,14H,2-4,7H2,1H3. The van der Waals surface area contributed by atoms with Crippen LogP contribution in [0.4, 0.5) is 0 Å². The van der Waals surface area contributed by atoms with Crippen LogP contribution in [0.1, 0.15) is 30.2 Å². The fraction of sp³-hybridized carbons (Fsp3) is 0.462. The molecule has 1 fully saturated rings. The van der Waals surface area contributed by atoms with Crippen LogP contribution in [0.3, 0.4) is 0 Å². The molecule has 2 aromatic heterocycles. The van der Waals surface area contributed by atoms with E-state index in [0.717, 1.165) is 18.7 Å². The Bertz CT molecular complexity index is 499. The zero-order valence-electron chi connectivity index (χ0n) is 9.90. The second kappa shape index (κ2) is 4.63. The van der Waals surface area contributed by atoms with Crippen LogP contribution >= 0.6 is 11.3 Å². The predicted molar refractivity (Wildman–Crippen MR) is 69.1 cm³/mol. The summed E-state index contributed by atoms with van der Waals surface area (Å²) in [5, 5.41) is 7.42. The molecule has 0 bridgehead atoms. The summed E-state index contributed by atoms with van der Waals surface area (Å²) in [7, 11) is 0. The maximum Gasteiger partial charge on any atom is 0.181 e. The van der Waals surface area contributed by atoms with E-state index < -0.39 is 0 Å². The SMILES string of the molecule is CCc1ccc(-c2oncc2CNC2CC2)s1. The average Bonchev–Trinajstić information content (AvgIpc) is 2.89. The van der Waals surface area contributed by atoms with Crippen LogP contribution in [0, 0.1) is 0 Å². The molecule has 1 aliphatic rings. The van der Waals surface area contributed by atoms with E-state index in [1.807, 2.05) is 6.20 Å². The molecular weight excluding hydrogens is 232 g/mol. The third kappa shape index (κ3) is 2.42. The third-order valence-corrected chi connectivity index (χ3v) is 4.26. The highest BCUT2D eigenvalue weighted by Gasteiger charge is 2.21. The number of nitrogens with zero attached hydrogens (tertiary/aromatic N) is 1. The van der Waals surface area contributed by atoms with Gasteiger partial charge in [0.25, 0.3) is 0 Å². The molecule has 0 radical (unpaired) electrons. The van der Waals surface area contributed by atoms with Crippen LogP contribution in [0.2, 0.25) is 0 Å². The predicted octanol–water partition coefficient (Wildman–Crippen LogP) is 3.22. The van der Waals surface area contributed by atoms with Gasteiger partial charge in [-0.2, -0.15) is 0 Å². The van der Waals surface area contributed by atoms with Crippen LogP contribution in [0.15, 0.2) is 22.9 Å². The molecule has 3 nitrogen and oxygen atoms in total. The zero-order valence-corrected chi connectivity index (χ0v) is 10.7. The summed E-state index contributed by atoms with van der Waals surface area (Å²) < 4.78 is 5.38. The topological polar surface area (TPSA) is 38.1 Å². The van der Waals surface area contributed by atoms with Gasteiger partial charge < -0.3 is 9.84 Å². The Balaban J connectivity index is 1.78. The smallest absolute Gasteiger partial charge is 0.181 e. The molecular formula is C13H16N2OS. The van der Waals surface area contributed by atoms with E-state index in [1.54, 1.807) is 11.3 Å². The largest absolute Gasteiger partial charge is 0.355 e. The minimum atomic E-state index is 0.715. The monoisotopic (exact) mass is 248 g/mol. The van der Waals surface area contributed by atoms with Gasteiger partial charge in [-0.3, -0.25) is 0 Å². The normalized spacial score (nSPS) is 15.4. The summed E-state index contributed by atoms with van der Waals surface area (Å²) in [5.41, 5.74) is 1.17. The van der Waals surface area contributed by atoms with Gasteiger partial charge in [0.1, 0.15) is 0 Å². The molecule has 17 heavy (non-hydrogen) atoms. The van der Waals surface area contributed by atoms with E-state index in [0.29, 0.717) is 6.04 Å². The van der Waals surface area contributed by atoms with Crippen molar-refractivity contribution in [2.75, 3.05) is 0 Å². The highest BCUT2D eigenvalue weighted by molar-refractivity contribution is 7.15. The molecule has 0 aromatic carbocycles. The molecule has 0 aliphatic heterocycles. The van der Waals surface area contributed by atoms with E-state index in [4.69, 9.17) is 4.52 Å². The molecule has 1 N–H and O–H groups in total. The highest BCUT2D eigenvalue weighted by Crippen LogP contribution is 2.31. The lowest BCUT2D eigenvalue weighted by Crippen LogP contribution is -2.15. The number of hydrogen-bond donors (Lipinski definition) is 1. The first-order chi connectivity index (χ1) is 8.36. The first-order valence-electron chi connectivity index (χ1n) is 6.13. The Morgan fingerprint density at radius 2 is 2.35 bits per heavy atom. The van der Waals surface area contributed by atoms with Crippen LogP contribution in [0.5, 0.6) is 0 Å². The zero-order chi connectivity index (χ0) is 11.7. The number of nitrogens with one attached hydrogen (secondary N) is 1. The molecule has 3 rings (SSSR count). The van der Waals surface area contributed by atoms with Crippen LogP contribution in [-0.4, -0.2) is 11.2 Å². The van der Waals surface area contributed by atoms with Gasteiger partial charge in [-0.15, -0.1) is 11.3 Å². The molecule has 90 valence electrons. The first-order valence-corrected chi connectivity index (χ1v) is 6.94. The molecule has 0 saturated heterocycles. The maximum absolute atomic E-state index is 5.38. The van der Waals surface area contributed by atoms with Crippen LogP contribution in [0.25, 0.3) is 10.6 Å². The number of thiophene rings is 1. The van der Waals surface area contributed by atoms with Crippen molar-refractivity contribution in [1.82, 2.24) is 10.5 Å². The first kappa shape index (κ1) is 11.0. The molecule has 0 amide bonds. The van der Waals surface area contributed by atoms with Crippen molar-refractivity contribution in [3.63, 3.8) is 0 Å². The van der Waals surface area contributed by atoms with Gasteiger partial charge in [0.15, 0.2) is 5.76 Å². The fourth-order valence-corrected chi connectivity index (χ4v) is 2.78. The molecule has 1 saturated carbocycles. The van der Waals surface area contributed by atoms with E-state index in [-0.39, 0.29) is 0 Å². The van der Waals surface area contributed by atoms with E-state index in [9.17, 15) is 0 Å². The number of hydrogen-bond acceptors (Lipinski definition) is 4. The third-order valence-electron chi connectivity index (χ3n) is 3.04. The van der Waals surface area contributed by atoms with E-state index >= 15 is 0 Å². The lowest BCUT2D eigenvalue weighted by atomic mass is 10.2. The van der Waals surface area contributed by atoms with Crippen molar-refractivity contribution in [3.8, 4) is 10.6 Å². The van der Waals surface area contributed by atoms with Gasteiger partial charge in [0, 0.05) is 23.0 Å². The molecule has 4 heteroatoms. The van der Waals surface area contributed by atoms with Gasteiger partial charge in [-0.05, 0) is 31.4 Å². The molecule has 0 atom stereocenters. The van der Waals surface area contributed by atoms with Crippen molar-refractivity contribution in [2.24, 2.45) is 0 Å². The Kier molecular flexibility index (Phi) is 2.99. The fourth-order valence-electron chi connectivity index (χ4n) is 1.82. The lowest BCUT2D eigenvalue weighted by Gasteiger charge is -2.00. The lowest BCUT2D eigenvalue weighted by molar-refractivity contribution is 0.432. The Morgan fingerprint density at radius 1 is 1.47 bits per heavy atom. The van der Waals surface area contributed by atoms with Gasteiger partial charge >= 0.3 is 0 Å². The van der Waals surface area contributed by atoms with Crippen molar-refractivity contribution >= 4 is 11.3 Å². The van der Waals surface area contributed by atoms with Crippen molar-refractivity contribution < 1.29 is 4.52 Å². The van der Waals surface area contributed by atoms with Gasteiger partial charge in [-0.25, -0.2) is 0 Å². The highest BCUT2D eigenvalue weighted by atomic mass is 32.1. The van der Waals surface area contributed by atoms with Crippen molar-refractivity contribution in [1.29, 1.82) is 0 Å². The van der Waals surface area contributed by atoms with Gasteiger partial charge in [0.05, 0.1) is 11.1 Å². The molecule has 0 spiro atoms. The number of rotatable bonds is 5. The Morgan fingerprint density at radius 3 is 3.06 bits per heavy atom. The van der Waals surface area contributed by atoms with Crippen molar-refractivity contribution in [3.05, 3.63) is 28.8 Å². The van der Waals surface area contributed by atoms with Gasteiger partial charge in [-0.1, -0.05) is 12.1 Å². The summed E-state index contributed by atoms with van der Waals surface area (Å²) in [6, 6.07) is 5.01. The van der Waals surface area contributed by atoms with Gasteiger partial charge in [0.2, 0.25) is 0 Å². The summed E-state index contributed by atoms with van der Waals surface area (Å²) in [4.78, 5) is 2.57. The van der Waals surface area contributed by atoms with Crippen LogP contribution in [-0.2, 0) is 13.0 Å². The summed E-state index contributed by atoms with van der Waals surface area (Å²) >= 11 is 1.79. The number of aromatic nitrogens is 1. The summed E-state index contributed by atoms with van der Waals surface area (Å²) in [5.74, 6) is 0.933. The molecule has 2 aromatic rings. The quantitative estimate of drug-likeness (QED) is 0.883. The average molecular weight is 248 g/mol. The van der Waals surface area contributed by atoms with Crippen molar-refractivity contribution in [2.45, 2.75) is 38.8 Å². The second-order valence-corrected chi connectivity index (χ2v) is 5.62. The summed E-state index contributed by atoms with van der Waals surface area (Å²) in [6.07, 6.45) is 5.52. The molecule has 0 unspecified atom stereocenters. The van der Waals surface area contributed by atoms with E-state index in [2.05, 4.69) is 29.5 Å². The van der Waals surface area contributed by atoms with E-state index in [1.165, 1.54) is 28.2 Å². The van der Waals surface area contributed by atoms with Crippen LogP contribution < -0.4 is 5.32 Å². The maximum atomic E-state index is 5.38. The minimum absolute atomic E-state index is 0.715. The number of aryl methyl sites for hydroxylation is 1. The molecule has 2 heterocycles. The Hall–Kier alpha value is -1.13. The Labute approximate surface area is 105 Å². The summed E-state index contributed by atoms with van der Waals surface area (Å²) in [6.45, 7) is 3.04. The molecule has 1 aliphatic carbocycles. The second-order valence-electron chi connectivity index (χ2n) is 4.45. The minimum Gasteiger partial charge on any atom is -0.355 e.